The Morgan fingerprint density at radius 1 is 1.07 bits per heavy atom. The zero-order valence-corrected chi connectivity index (χ0v) is 16.2. The monoisotopic (exact) mass is 400 g/mol. The fourth-order valence-corrected chi connectivity index (χ4v) is 4.65. The van der Waals surface area contributed by atoms with Crippen LogP contribution in [0, 0.1) is 0 Å². The largest absolute Gasteiger partial charge is 0.494 e. The number of benzene rings is 1. The van der Waals surface area contributed by atoms with Crippen LogP contribution in [-0.4, -0.2) is 52.9 Å². The molecule has 138 valence electrons. The van der Waals surface area contributed by atoms with Crippen molar-refractivity contribution < 1.29 is 4.74 Å². The average Bonchev–Trinajstić information content (AvgIpc) is 3.35. The van der Waals surface area contributed by atoms with Crippen molar-refractivity contribution in [3.05, 3.63) is 41.7 Å². The minimum absolute atomic E-state index is 0.714. The van der Waals surface area contributed by atoms with Crippen LogP contribution in [-0.2, 0) is 0 Å². The van der Waals surface area contributed by atoms with E-state index in [1.165, 1.54) is 0 Å². The molecule has 5 rings (SSSR count). The summed E-state index contributed by atoms with van der Waals surface area (Å²) in [5.41, 5.74) is 1.69. The molecule has 1 saturated heterocycles. The summed E-state index contributed by atoms with van der Waals surface area (Å²) in [6.45, 7) is 3.52. The lowest BCUT2D eigenvalue weighted by molar-refractivity contribution is 0.419. The number of fused-ring (bicyclic) bond motifs is 2. The van der Waals surface area contributed by atoms with Crippen molar-refractivity contribution in [1.82, 2.24) is 19.6 Å². The number of imidazole rings is 1. The molecule has 0 N–H and O–H groups in total. The van der Waals surface area contributed by atoms with Gasteiger partial charge in [0.25, 0.3) is 0 Å². The second-order valence-electron chi connectivity index (χ2n) is 6.32. The fourth-order valence-electron chi connectivity index (χ4n) is 3.34. The van der Waals surface area contributed by atoms with Gasteiger partial charge in [0.05, 0.1) is 16.8 Å². The molecule has 0 unspecified atom stereocenters. The number of nitrogens with zero attached hydrogens (tertiary/aromatic N) is 6. The molecule has 1 aromatic carbocycles. The van der Waals surface area contributed by atoms with Crippen LogP contribution >= 0.6 is 22.9 Å². The lowest BCUT2D eigenvalue weighted by Gasteiger charge is -2.35. The van der Waals surface area contributed by atoms with Gasteiger partial charge in [0.1, 0.15) is 17.1 Å². The minimum atomic E-state index is 0.714. The molecule has 0 saturated carbocycles. The third-order valence-corrected chi connectivity index (χ3v) is 6.36. The molecule has 27 heavy (non-hydrogen) atoms. The van der Waals surface area contributed by atoms with Crippen molar-refractivity contribution in [2.75, 3.05) is 43.1 Å². The van der Waals surface area contributed by atoms with Crippen LogP contribution < -0.4 is 14.5 Å². The first kappa shape index (κ1) is 16.6. The standard InChI is InChI=1S/C18H17ClN6OS/c1-26-13-3-2-12(19)17-16(13)21-18(27-17)24-10-8-23(9-11-24)15-5-4-14-20-6-7-25(14)22-15/h2-7H,8-11H2,1H3. The Bertz CT molecular complexity index is 1120. The van der Waals surface area contributed by atoms with Gasteiger partial charge >= 0.3 is 0 Å². The first-order chi connectivity index (χ1) is 13.2. The van der Waals surface area contributed by atoms with Gasteiger partial charge in [-0.3, -0.25) is 0 Å². The summed E-state index contributed by atoms with van der Waals surface area (Å²) in [6, 6.07) is 7.75. The Hall–Kier alpha value is -2.58. The Morgan fingerprint density at radius 2 is 1.89 bits per heavy atom. The molecule has 7 nitrogen and oxygen atoms in total. The first-order valence-electron chi connectivity index (χ1n) is 8.66. The summed E-state index contributed by atoms with van der Waals surface area (Å²) in [6.07, 6.45) is 3.63. The van der Waals surface area contributed by atoms with Crippen LogP contribution in [0.25, 0.3) is 15.9 Å². The molecule has 1 fully saturated rings. The summed E-state index contributed by atoms with van der Waals surface area (Å²) in [5, 5.41) is 6.33. The van der Waals surface area contributed by atoms with Crippen LogP contribution in [0.15, 0.2) is 36.7 Å². The summed E-state index contributed by atoms with van der Waals surface area (Å²) in [5.74, 6) is 1.72. The highest BCUT2D eigenvalue weighted by Gasteiger charge is 2.22. The van der Waals surface area contributed by atoms with Crippen molar-refractivity contribution in [3.8, 4) is 5.75 Å². The number of ether oxygens (including phenoxy) is 1. The number of piperazine rings is 1. The number of halogens is 1. The minimum Gasteiger partial charge on any atom is -0.494 e. The molecule has 4 heterocycles. The van der Waals surface area contributed by atoms with E-state index in [-0.39, 0.29) is 0 Å². The molecule has 0 radical (unpaired) electrons. The Morgan fingerprint density at radius 3 is 2.70 bits per heavy atom. The molecule has 0 amide bonds. The van der Waals surface area contributed by atoms with E-state index in [0.717, 1.165) is 58.7 Å². The normalized spacial score (nSPS) is 15.0. The molecule has 3 aromatic heterocycles. The smallest absolute Gasteiger partial charge is 0.186 e. The lowest BCUT2D eigenvalue weighted by Crippen LogP contribution is -2.46. The van der Waals surface area contributed by atoms with Gasteiger partial charge in [-0.25, -0.2) is 14.5 Å². The van der Waals surface area contributed by atoms with Gasteiger partial charge in [-0.2, -0.15) is 0 Å². The average molecular weight is 401 g/mol. The van der Waals surface area contributed by atoms with Crippen molar-refractivity contribution in [3.63, 3.8) is 0 Å². The predicted molar refractivity (Wildman–Crippen MR) is 109 cm³/mol. The van der Waals surface area contributed by atoms with Crippen molar-refractivity contribution >= 4 is 49.8 Å². The Kier molecular flexibility index (Phi) is 4.02. The summed E-state index contributed by atoms with van der Waals surface area (Å²) in [4.78, 5) is 13.6. The third-order valence-electron chi connectivity index (χ3n) is 4.78. The van der Waals surface area contributed by atoms with Crippen LogP contribution in [0.3, 0.4) is 0 Å². The maximum Gasteiger partial charge on any atom is 0.186 e. The number of hydrogen-bond donors (Lipinski definition) is 0. The van der Waals surface area contributed by atoms with E-state index in [1.54, 1.807) is 24.6 Å². The first-order valence-corrected chi connectivity index (χ1v) is 9.86. The van der Waals surface area contributed by atoms with Gasteiger partial charge in [0.15, 0.2) is 10.8 Å². The van der Waals surface area contributed by atoms with E-state index in [9.17, 15) is 0 Å². The van der Waals surface area contributed by atoms with E-state index < -0.39 is 0 Å². The fraction of sp³-hybridized carbons (Fsp3) is 0.278. The van der Waals surface area contributed by atoms with Crippen molar-refractivity contribution in [2.45, 2.75) is 0 Å². The Balaban J connectivity index is 1.37. The van der Waals surface area contributed by atoms with Crippen molar-refractivity contribution in [2.24, 2.45) is 0 Å². The van der Waals surface area contributed by atoms with Gasteiger partial charge in [-0.05, 0) is 24.3 Å². The number of hydrogen-bond acceptors (Lipinski definition) is 7. The predicted octanol–water partition coefficient (Wildman–Crippen LogP) is 3.33. The number of aromatic nitrogens is 4. The van der Waals surface area contributed by atoms with Gasteiger partial charge in [0, 0.05) is 38.6 Å². The molecule has 1 aliphatic heterocycles. The zero-order valence-electron chi connectivity index (χ0n) is 14.7. The number of rotatable bonds is 3. The molecule has 1 aliphatic rings. The second kappa shape index (κ2) is 6.54. The molecule has 4 aromatic rings. The molecule has 0 aliphatic carbocycles. The van der Waals surface area contributed by atoms with Gasteiger partial charge < -0.3 is 14.5 Å². The molecule has 0 atom stereocenters. The van der Waals surface area contributed by atoms with E-state index in [0.29, 0.717) is 5.02 Å². The maximum atomic E-state index is 6.35. The SMILES string of the molecule is COc1ccc(Cl)c2sc(N3CCN(c4ccc5nccn5n4)CC3)nc12. The van der Waals surface area contributed by atoms with Gasteiger partial charge in [0.2, 0.25) is 0 Å². The maximum absolute atomic E-state index is 6.35. The molecule has 0 spiro atoms. The van der Waals surface area contributed by atoms with Crippen LogP contribution in [0.1, 0.15) is 0 Å². The van der Waals surface area contributed by atoms with E-state index >= 15 is 0 Å². The lowest BCUT2D eigenvalue weighted by atomic mass is 10.3. The molecule has 0 bridgehead atoms. The third kappa shape index (κ3) is 2.85. The van der Waals surface area contributed by atoms with Crippen LogP contribution in [0.2, 0.25) is 5.02 Å². The molecular formula is C18H17ClN6OS. The number of thiazole rings is 1. The van der Waals surface area contributed by atoms with Crippen molar-refractivity contribution in [1.29, 1.82) is 0 Å². The van der Waals surface area contributed by atoms with Gasteiger partial charge in [-0.1, -0.05) is 22.9 Å². The highest BCUT2D eigenvalue weighted by molar-refractivity contribution is 7.22. The highest BCUT2D eigenvalue weighted by atomic mass is 35.5. The van der Waals surface area contributed by atoms with Gasteiger partial charge in [-0.15, -0.1) is 5.10 Å². The van der Waals surface area contributed by atoms with E-state index in [4.69, 9.17) is 21.3 Å². The summed E-state index contributed by atoms with van der Waals surface area (Å²) in [7, 11) is 1.66. The van der Waals surface area contributed by atoms with Crippen LogP contribution in [0.5, 0.6) is 5.75 Å². The Labute approximate surface area is 164 Å². The van der Waals surface area contributed by atoms with Crippen LogP contribution in [0.4, 0.5) is 10.9 Å². The van der Waals surface area contributed by atoms with E-state index in [2.05, 4.69) is 19.9 Å². The molecular weight excluding hydrogens is 384 g/mol. The zero-order chi connectivity index (χ0) is 18.4. The topological polar surface area (TPSA) is 58.8 Å². The quantitative estimate of drug-likeness (QED) is 0.525. The second-order valence-corrected chi connectivity index (χ2v) is 7.70. The number of anilines is 2. The molecule has 9 heteroatoms. The highest BCUT2D eigenvalue weighted by Crippen LogP contribution is 2.38. The van der Waals surface area contributed by atoms with E-state index in [1.807, 2.05) is 35.0 Å². The number of methoxy groups -OCH3 is 1. The summed E-state index contributed by atoms with van der Waals surface area (Å²) >= 11 is 7.97. The summed E-state index contributed by atoms with van der Waals surface area (Å²) < 4.78 is 8.21.